The molecule has 1 saturated heterocycles. The fourth-order valence-corrected chi connectivity index (χ4v) is 3.40. The van der Waals surface area contributed by atoms with E-state index < -0.39 is 0 Å². The first-order chi connectivity index (χ1) is 11.6. The van der Waals surface area contributed by atoms with E-state index in [1.807, 2.05) is 42.4 Å². The van der Waals surface area contributed by atoms with Crippen LogP contribution in [-0.4, -0.2) is 39.2 Å². The van der Waals surface area contributed by atoms with E-state index in [0.29, 0.717) is 11.7 Å². The van der Waals surface area contributed by atoms with Gasteiger partial charge < -0.3 is 19.5 Å². The number of pyridine rings is 1. The Labute approximate surface area is 146 Å². The quantitative estimate of drug-likeness (QED) is 0.661. The summed E-state index contributed by atoms with van der Waals surface area (Å²) in [6, 6.07) is 9.82. The summed E-state index contributed by atoms with van der Waals surface area (Å²) < 4.78 is 6.83. The molecule has 1 aliphatic heterocycles. The highest BCUT2D eigenvalue weighted by atomic mass is 32.1. The van der Waals surface area contributed by atoms with Crippen molar-refractivity contribution < 1.29 is 9.53 Å². The van der Waals surface area contributed by atoms with E-state index in [-0.39, 0.29) is 24.5 Å². The maximum atomic E-state index is 11.6. The summed E-state index contributed by atoms with van der Waals surface area (Å²) in [6.07, 6.45) is 4.07. The second-order valence-corrected chi connectivity index (χ2v) is 6.08. The number of esters is 1. The lowest BCUT2D eigenvalue weighted by molar-refractivity contribution is -0.140. The predicted octanol–water partition coefficient (Wildman–Crippen LogP) is 1.96. The molecule has 2 aromatic heterocycles. The van der Waals surface area contributed by atoms with Crippen molar-refractivity contribution in [2.75, 3.05) is 13.7 Å². The monoisotopic (exact) mass is 344 g/mol. The van der Waals surface area contributed by atoms with E-state index in [0.717, 1.165) is 11.4 Å². The number of carbonyl (C=O) groups excluding carboxylic acids is 1. The van der Waals surface area contributed by atoms with Crippen molar-refractivity contribution >= 4 is 23.3 Å². The van der Waals surface area contributed by atoms with Crippen molar-refractivity contribution in [1.82, 2.24) is 19.8 Å². The van der Waals surface area contributed by atoms with E-state index in [2.05, 4.69) is 20.9 Å². The molecular weight excluding hydrogens is 324 g/mol. The molecule has 0 amide bonds. The number of carbonyl (C=O) groups is 1. The molecule has 126 valence electrons. The van der Waals surface area contributed by atoms with Crippen LogP contribution in [0.1, 0.15) is 29.9 Å². The number of aromatic nitrogens is 2. The first-order valence-corrected chi connectivity index (χ1v) is 8.18. The number of methoxy groups -OCH3 is 1. The van der Waals surface area contributed by atoms with Gasteiger partial charge in [-0.3, -0.25) is 9.78 Å². The molecule has 6 nitrogen and oxygen atoms in total. The normalized spacial score (nSPS) is 20.1. The van der Waals surface area contributed by atoms with Crippen LogP contribution in [0.5, 0.6) is 0 Å². The minimum absolute atomic E-state index is 0.0305. The molecule has 1 aliphatic rings. The molecule has 0 aliphatic carbocycles. The summed E-state index contributed by atoms with van der Waals surface area (Å²) in [4.78, 5) is 18.1. The average Bonchev–Trinajstić information content (AvgIpc) is 3.16. The summed E-state index contributed by atoms with van der Waals surface area (Å²) in [7, 11) is 3.40. The molecule has 1 N–H and O–H groups in total. The van der Waals surface area contributed by atoms with Gasteiger partial charge in [-0.25, -0.2) is 0 Å². The number of hydrogen-bond acceptors (Lipinski definition) is 4. The first-order valence-electron chi connectivity index (χ1n) is 7.78. The molecule has 0 saturated carbocycles. The van der Waals surface area contributed by atoms with Crippen molar-refractivity contribution in [3.8, 4) is 0 Å². The number of ether oxygens (including phenoxy) is 1. The lowest BCUT2D eigenvalue weighted by Gasteiger charge is -2.27. The Morgan fingerprint density at radius 1 is 1.38 bits per heavy atom. The molecule has 1 fully saturated rings. The number of rotatable bonds is 5. The summed E-state index contributed by atoms with van der Waals surface area (Å²) in [5, 5.41) is 3.98. The van der Waals surface area contributed by atoms with Gasteiger partial charge in [0.05, 0.1) is 31.3 Å². The Balaban J connectivity index is 1.94. The molecule has 3 heterocycles. The molecule has 2 atom stereocenters. The van der Waals surface area contributed by atoms with Gasteiger partial charge in [0.1, 0.15) is 0 Å². The fourth-order valence-electron chi connectivity index (χ4n) is 3.06. The lowest BCUT2D eigenvalue weighted by atomic mass is 10.0. The topological polar surface area (TPSA) is 59.4 Å². The van der Waals surface area contributed by atoms with Crippen molar-refractivity contribution in [1.29, 1.82) is 0 Å². The van der Waals surface area contributed by atoms with Crippen LogP contribution in [0.15, 0.2) is 42.7 Å². The van der Waals surface area contributed by atoms with Crippen LogP contribution in [0.25, 0.3) is 0 Å². The highest BCUT2D eigenvalue weighted by molar-refractivity contribution is 7.80. The fraction of sp³-hybridized carbons (Fsp3) is 0.353. The minimum Gasteiger partial charge on any atom is -0.469 e. The van der Waals surface area contributed by atoms with E-state index in [9.17, 15) is 4.79 Å². The van der Waals surface area contributed by atoms with E-state index in [4.69, 9.17) is 17.0 Å². The lowest BCUT2D eigenvalue weighted by Crippen LogP contribution is -2.32. The van der Waals surface area contributed by atoms with Gasteiger partial charge >= 0.3 is 5.97 Å². The Morgan fingerprint density at radius 3 is 2.83 bits per heavy atom. The largest absolute Gasteiger partial charge is 0.469 e. The van der Waals surface area contributed by atoms with Gasteiger partial charge in [-0.05, 0) is 36.5 Å². The smallest absolute Gasteiger partial charge is 0.307 e. The second-order valence-electron chi connectivity index (χ2n) is 5.69. The number of nitrogens with zero attached hydrogens (tertiary/aromatic N) is 3. The van der Waals surface area contributed by atoms with Crippen molar-refractivity contribution in [3.05, 3.63) is 54.1 Å². The molecule has 24 heavy (non-hydrogen) atoms. The highest BCUT2D eigenvalue weighted by Crippen LogP contribution is 2.38. The van der Waals surface area contributed by atoms with Gasteiger partial charge in [-0.15, -0.1) is 0 Å². The molecule has 0 spiro atoms. The maximum Gasteiger partial charge on any atom is 0.307 e. The maximum absolute atomic E-state index is 11.6. The number of aryl methyl sites for hydroxylation is 1. The van der Waals surface area contributed by atoms with Crippen molar-refractivity contribution in [3.63, 3.8) is 0 Å². The van der Waals surface area contributed by atoms with Crippen molar-refractivity contribution in [2.24, 2.45) is 7.05 Å². The van der Waals surface area contributed by atoms with Crippen LogP contribution in [0.3, 0.4) is 0 Å². The third-order valence-electron chi connectivity index (χ3n) is 4.27. The van der Waals surface area contributed by atoms with Crippen LogP contribution in [0.4, 0.5) is 0 Å². The van der Waals surface area contributed by atoms with Crippen LogP contribution < -0.4 is 5.32 Å². The summed E-state index contributed by atoms with van der Waals surface area (Å²) in [6.45, 7) is 0.498. The number of nitrogens with one attached hydrogen (secondary N) is 1. The van der Waals surface area contributed by atoms with Gasteiger partial charge in [0.25, 0.3) is 0 Å². The third-order valence-corrected chi connectivity index (χ3v) is 4.62. The van der Waals surface area contributed by atoms with Gasteiger partial charge in [0, 0.05) is 31.7 Å². The van der Waals surface area contributed by atoms with Gasteiger partial charge in [0.15, 0.2) is 5.11 Å². The molecule has 0 bridgehead atoms. The van der Waals surface area contributed by atoms with Crippen LogP contribution in [-0.2, 0) is 16.6 Å². The SMILES string of the molecule is COC(=O)CCN1C(=S)N[C@H](c2ccccn2)[C@H]1c1cccn1C. The molecule has 2 aromatic rings. The van der Waals surface area contributed by atoms with Gasteiger partial charge in [0.2, 0.25) is 0 Å². The second kappa shape index (κ2) is 7.00. The summed E-state index contributed by atoms with van der Waals surface area (Å²) in [5.41, 5.74) is 2.04. The highest BCUT2D eigenvalue weighted by Gasteiger charge is 2.40. The Bertz CT molecular complexity index is 731. The van der Waals surface area contributed by atoms with E-state index >= 15 is 0 Å². The zero-order chi connectivity index (χ0) is 17.1. The number of thiocarbonyl (C=S) groups is 1. The Morgan fingerprint density at radius 2 is 2.21 bits per heavy atom. The van der Waals surface area contributed by atoms with Crippen molar-refractivity contribution in [2.45, 2.75) is 18.5 Å². The van der Waals surface area contributed by atoms with E-state index in [1.165, 1.54) is 7.11 Å². The van der Waals surface area contributed by atoms with Gasteiger partial charge in [-0.1, -0.05) is 6.07 Å². The minimum atomic E-state index is -0.246. The van der Waals surface area contributed by atoms with Crippen LogP contribution in [0, 0.1) is 0 Å². The van der Waals surface area contributed by atoms with Gasteiger partial charge in [-0.2, -0.15) is 0 Å². The summed E-state index contributed by atoms with van der Waals surface area (Å²) in [5.74, 6) is -0.246. The third kappa shape index (κ3) is 3.12. The number of hydrogen-bond donors (Lipinski definition) is 1. The Hall–Kier alpha value is -2.41. The molecule has 0 radical (unpaired) electrons. The predicted molar refractivity (Wildman–Crippen MR) is 94.2 cm³/mol. The molecule has 7 heteroatoms. The van der Waals surface area contributed by atoms with E-state index in [1.54, 1.807) is 6.20 Å². The molecular formula is C17H20N4O2S. The summed E-state index contributed by atoms with van der Waals surface area (Å²) >= 11 is 5.53. The van der Waals surface area contributed by atoms with Crippen LogP contribution >= 0.6 is 12.2 Å². The molecule has 3 rings (SSSR count). The zero-order valence-corrected chi connectivity index (χ0v) is 14.5. The zero-order valence-electron chi connectivity index (χ0n) is 13.7. The first kappa shape index (κ1) is 16.4. The molecule has 0 unspecified atom stereocenters. The van der Waals surface area contributed by atoms with Crippen LogP contribution in [0.2, 0.25) is 0 Å². The standard InChI is InChI=1S/C17H20N4O2S/c1-20-10-5-7-13(20)16-15(12-6-3-4-9-18-12)19-17(24)21(16)11-8-14(22)23-2/h3-7,9-10,15-16H,8,11H2,1-2H3,(H,19,24)/t15-,16-/m1/s1. The Kier molecular flexibility index (Phi) is 4.80. The average molecular weight is 344 g/mol. The molecule has 0 aromatic carbocycles.